The first-order chi connectivity index (χ1) is 27.4. The zero-order valence-corrected chi connectivity index (χ0v) is 30.7. The Morgan fingerprint density at radius 3 is 2.12 bits per heavy atom. The number of phenolic OH excluding ortho intramolecular Hbond substituents is 3. The number of aliphatic carboxylic acids is 1. The molecule has 4 aliphatic rings. The Morgan fingerprint density at radius 1 is 0.793 bits per heavy atom. The normalized spacial score (nSPS) is 30.1. The maximum atomic E-state index is 14.0. The number of amides is 1. The molecule has 7 rings (SSSR count). The lowest BCUT2D eigenvalue weighted by atomic mass is 9.74. The molecule has 20 heteroatoms. The van der Waals surface area contributed by atoms with Crippen LogP contribution in [-0.4, -0.2) is 150 Å². The molecule has 2 heterocycles. The van der Waals surface area contributed by atoms with E-state index in [1.165, 1.54) is 33.1 Å². The first-order valence-corrected chi connectivity index (χ1v) is 17.8. The van der Waals surface area contributed by atoms with E-state index in [9.17, 15) is 70.2 Å². The van der Waals surface area contributed by atoms with Gasteiger partial charge in [-0.3, -0.25) is 19.2 Å². The van der Waals surface area contributed by atoms with Crippen LogP contribution in [0, 0.1) is 6.92 Å². The summed E-state index contributed by atoms with van der Waals surface area (Å²) in [4.78, 5) is 52.5. The molecule has 0 unspecified atom stereocenters. The fourth-order valence-electron chi connectivity index (χ4n) is 7.79. The molecule has 58 heavy (non-hydrogen) atoms. The molecule has 3 aromatic rings. The third kappa shape index (κ3) is 6.52. The van der Waals surface area contributed by atoms with Crippen molar-refractivity contribution in [3.63, 3.8) is 0 Å². The van der Waals surface area contributed by atoms with Gasteiger partial charge in [-0.2, -0.15) is 0 Å². The molecule has 2 aliphatic heterocycles. The monoisotopic (exact) mass is 813 g/mol. The summed E-state index contributed by atoms with van der Waals surface area (Å²) in [6.07, 6.45) is -18.5. The zero-order chi connectivity index (χ0) is 42.2. The number of carboxylic acid groups (broad SMARTS) is 1. The summed E-state index contributed by atoms with van der Waals surface area (Å²) in [6, 6.07) is 4.55. The first-order valence-electron chi connectivity index (χ1n) is 17.8. The minimum Gasteiger partial charge on any atom is -0.507 e. The topological polar surface area (TPSA) is 329 Å². The van der Waals surface area contributed by atoms with E-state index in [2.05, 4.69) is 5.32 Å². The van der Waals surface area contributed by atoms with Gasteiger partial charge in [-0.15, -0.1) is 0 Å². The number of rotatable bonds is 8. The molecule has 0 radical (unpaired) electrons. The van der Waals surface area contributed by atoms with Crippen LogP contribution in [0.4, 0.5) is 0 Å². The molecule has 2 aliphatic carbocycles. The summed E-state index contributed by atoms with van der Waals surface area (Å²) in [5.41, 5.74) is -3.65. The fourth-order valence-corrected chi connectivity index (χ4v) is 7.79. The molecule has 2 saturated heterocycles. The highest BCUT2D eigenvalue weighted by molar-refractivity contribution is 6.31. The number of fused-ring (bicyclic) bond motifs is 5. The third-order valence-electron chi connectivity index (χ3n) is 10.7. The van der Waals surface area contributed by atoms with Gasteiger partial charge in [0.25, 0.3) is 5.91 Å². The van der Waals surface area contributed by atoms with E-state index in [4.69, 9.17) is 23.7 Å². The third-order valence-corrected chi connectivity index (χ3v) is 10.7. The van der Waals surface area contributed by atoms with E-state index in [0.717, 1.165) is 12.1 Å². The van der Waals surface area contributed by atoms with E-state index >= 15 is 0 Å². The lowest BCUT2D eigenvalue weighted by Crippen LogP contribution is -2.62. The first kappa shape index (κ1) is 40.9. The quantitative estimate of drug-likeness (QED) is 0.0992. The number of ketones is 2. The smallest absolute Gasteiger partial charge is 0.322 e. The molecule has 3 aromatic carbocycles. The van der Waals surface area contributed by atoms with Crippen molar-refractivity contribution in [2.45, 2.75) is 81.4 Å². The number of methoxy groups -OCH3 is 1. The molecular formula is C38H39NO19. The Hall–Kier alpha value is -5.26. The Labute approximate surface area is 327 Å². The van der Waals surface area contributed by atoms with Crippen LogP contribution in [0.2, 0.25) is 0 Å². The second-order valence-electron chi connectivity index (χ2n) is 14.3. The van der Waals surface area contributed by atoms with Crippen LogP contribution in [0.15, 0.2) is 24.3 Å². The van der Waals surface area contributed by atoms with E-state index in [-0.39, 0.29) is 28.0 Å². The van der Waals surface area contributed by atoms with Gasteiger partial charge in [-0.25, -0.2) is 0 Å². The van der Waals surface area contributed by atoms with Crippen molar-refractivity contribution in [3.8, 4) is 34.1 Å². The number of carboxylic acids is 1. The number of hydrogen-bond donors (Lipinski definition) is 11. The van der Waals surface area contributed by atoms with Crippen LogP contribution in [0.25, 0.3) is 11.1 Å². The van der Waals surface area contributed by atoms with E-state index in [0.29, 0.717) is 0 Å². The molecule has 2 fully saturated rings. The van der Waals surface area contributed by atoms with E-state index in [1.54, 1.807) is 0 Å². The van der Waals surface area contributed by atoms with E-state index in [1.807, 2.05) is 0 Å². The molecule has 0 bridgehead atoms. The highest BCUT2D eigenvalue weighted by Crippen LogP contribution is 2.57. The molecule has 0 aromatic heterocycles. The average Bonchev–Trinajstić information content (AvgIpc) is 3.17. The Morgan fingerprint density at radius 2 is 1.45 bits per heavy atom. The minimum absolute atomic E-state index is 0.00267. The second-order valence-corrected chi connectivity index (χ2v) is 14.3. The second kappa shape index (κ2) is 15.2. The number of phenols is 3. The number of aliphatic hydroxyl groups excluding tert-OH is 6. The van der Waals surface area contributed by atoms with E-state index < -0.39 is 155 Å². The summed E-state index contributed by atoms with van der Waals surface area (Å²) in [5.74, 6) is -6.79. The van der Waals surface area contributed by atoms with Gasteiger partial charge in [-0.05, 0) is 42.7 Å². The van der Waals surface area contributed by atoms with Gasteiger partial charge in [0.15, 0.2) is 24.1 Å². The largest absolute Gasteiger partial charge is 0.507 e. The van der Waals surface area contributed by atoms with Crippen molar-refractivity contribution in [3.05, 3.63) is 68.8 Å². The number of aromatic hydroxyl groups is 3. The summed E-state index contributed by atoms with van der Waals surface area (Å²) in [7, 11) is 1.25. The van der Waals surface area contributed by atoms with Gasteiger partial charge in [0.1, 0.15) is 78.4 Å². The summed E-state index contributed by atoms with van der Waals surface area (Å²) >= 11 is 0. The maximum Gasteiger partial charge on any atom is 0.322 e. The number of hydrogen-bond acceptors (Lipinski definition) is 18. The van der Waals surface area contributed by atoms with Gasteiger partial charge < -0.3 is 80.1 Å². The predicted octanol–water partition coefficient (Wildman–Crippen LogP) is -1.23. The number of carbonyl (C=O) groups excluding carboxylic acids is 3. The van der Waals surface area contributed by atoms with Crippen molar-refractivity contribution in [2.24, 2.45) is 0 Å². The lowest BCUT2D eigenvalue weighted by Gasteiger charge is -2.45. The highest BCUT2D eigenvalue weighted by Gasteiger charge is 2.51. The van der Waals surface area contributed by atoms with Gasteiger partial charge in [-0.1, -0.05) is 6.07 Å². The molecule has 310 valence electrons. The molecule has 0 spiro atoms. The Kier molecular flexibility index (Phi) is 10.7. The number of carbonyl (C=O) groups is 4. The Balaban J connectivity index is 1.36. The highest BCUT2D eigenvalue weighted by atomic mass is 16.7. The SMILES string of the molecule is COc1cc(O)c2c(c1)C(=O)c1c(cc3c(c1O)-c1c(cc(C)c(C(=O)NCC(=O)O)c1O)[C@H](O[C@@H]1O[C@H](C)[C@H](O)[C@H](O[C@@H]4OC[C@@H](O)[C@H](O)[C@H]4O)[C@H]1O)[C@H]3O)C2=O. The van der Waals surface area contributed by atoms with Crippen molar-refractivity contribution < 1.29 is 93.9 Å². The number of nitrogens with one attached hydrogen (secondary N) is 1. The van der Waals surface area contributed by atoms with Gasteiger partial charge >= 0.3 is 5.97 Å². The van der Waals surface area contributed by atoms with Crippen LogP contribution in [0.3, 0.4) is 0 Å². The molecule has 0 saturated carbocycles. The number of ether oxygens (including phenoxy) is 5. The fraction of sp³-hybridized carbons (Fsp3) is 0.421. The van der Waals surface area contributed by atoms with Crippen molar-refractivity contribution in [2.75, 3.05) is 20.3 Å². The van der Waals surface area contributed by atoms with Gasteiger partial charge in [0.05, 0.1) is 36.5 Å². The van der Waals surface area contributed by atoms with Crippen LogP contribution in [-0.2, 0) is 23.7 Å². The molecule has 11 N–H and O–H groups in total. The lowest BCUT2D eigenvalue weighted by molar-refractivity contribution is -0.353. The summed E-state index contributed by atoms with van der Waals surface area (Å²) in [6.45, 7) is 1.40. The molecule has 20 nitrogen and oxygen atoms in total. The molecule has 1 amide bonds. The van der Waals surface area contributed by atoms with Gasteiger partial charge in [0, 0.05) is 28.3 Å². The predicted molar refractivity (Wildman–Crippen MR) is 189 cm³/mol. The van der Waals surface area contributed by atoms with Crippen LogP contribution in [0.5, 0.6) is 23.0 Å². The van der Waals surface area contributed by atoms with Crippen molar-refractivity contribution >= 4 is 23.4 Å². The maximum absolute atomic E-state index is 14.0. The summed E-state index contributed by atoms with van der Waals surface area (Å²) in [5, 5.41) is 111. The Bertz CT molecular complexity index is 2220. The molecule has 11 atom stereocenters. The number of aryl methyl sites for hydroxylation is 1. The zero-order valence-electron chi connectivity index (χ0n) is 30.7. The van der Waals surface area contributed by atoms with Crippen LogP contribution >= 0.6 is 0 Å². The van der Waals surface area contributed by atoms with Crippen molar-refractivity contribution in [1.82, 2.24) is 5.32 Å². The minimum atomic E-state index is -1.95. The standard InChI is InChI=1S/C38H39NO19/c1-10-4-16-23(30(49)20(10)36(53)39-8-19(42)43)22-14(7-15-24(31(22)50)27(46)13-5-12(54-3)6-17(40)21(13)26(15)45)28(47)34(16)57-38-33(52)35(25(44)11(2)56-38)58-37-32(51)29(48)18(41)9-55-37/h4-7,11,18,25,28-29,32-35,37-38,40-41,44,47-52H,8-9H2,1-3H3,(H,39,53)(H,42,43)/t11-,18-,25+,28+,29+,32-,33-,34+,35+,37+,38+/m1/s1. The van der Waals surface area contributed by atoms with Crippen LogP contribution in [0.1, 0.15) is 78.0 Å². The molecular weight excluding hydrogens is 774 g/mol. The van der Waals surface area contributed by atoms with Gasteiger partial charge in [0.2, 0.25) is 0 Å². The van der Waals surface area contributed by atoms with Crippen LogP contribution < -0.4 is 10.1 Å². The number of benzene rings is 3. The summed E-state index contributed by atoms with van der Waals surface area (Å²) < 4.78 is 28.0. The average molecular weight is 814 g/mol. The van der Waals surface area contributed by atoms with Crippen molar-refractivity contribution in [1.29, 1.82) is 0 Å². The number of aliphatic hydroxyl groups is 6.